The van der Waals surface area contributed by atoms with Crippen LogP contribution in [0.3, 0.4) is 0 Å². The van der Waals surface area contributed by atoms with Gasteiger partial charge in [-0.05, 0) is 30.5 Å². The van der Waals surface area contributed by atoms with E-state index < -0.39 is 0 Å². The highest BCUT2D eigenvalue weighted by molar-refractivity contribution is 6.31. The van der Waals surface area contributed by atoms with E-state index in [1.165, 1.54) is 37.8 Å². The summed E-state index contributed by atoms with van der Waals surface area (Å²) < 4.78 is 13.0. The molecule has 0 bridgehead atoms. The van der Waals surface area contributed by atoms with Crippen LogP contribution in [-0.4, -0.2) is 23.4 Å². The van der Waals surface area contributed by atoms with Crippen molar-refractivity contribution in [2.75, 3.05) is 12.4 Å². The maximum absolute atomic E-state index is 13.0. The summed E-state index contributed by atoms with van der Waals surface area (Å²) in [5.41, 5.74) is 0.982. The third kappa shape index (κ3) is 3.59. The lowest BCUT2D eigenvalue weighted by atomic mass is 10.1. The van der Waals surface area contributed by atoms with Crippen LogP contribution in [0.25, 0.3) is 0 Å². The number of alkyl halides is 1. The van der Waals surface area contributed by atoms with Gasteiger partial charge in [0.2, 0.25) is 0 Å². The molecule has 100 valence electrons. The van der Waals surface area contributed by atoms with Crippen molar-refractivity contribution in [3.8, 4) is 0 Å². The number of hydrogen-bond donors (Lipinski definition) is 0. The second-order valence-corrected chi connectivity index (χ2v) is 5.62. The van der Waals surface area contributed by atoms with Crippen LogP contribution in [0.1, 0.15) is 31.2 Å². The Bertz CT molecular complexity index is 391. The highest BCUT2D eigenvalue weighted by atomic mass is 35.5. The normalized spacial score (nSPS) is 16.7. The summed E-state index contributed by atoms with van der Waals surface area (Å²) in [5, 5.41) is 0.507. The van der Waals surface area contributed by atoms with Gasteiger partial charge >= 0.3 is 0 Å². The first kappa shape index (κ1) is 14.1. The fourth-order valence-corrected chi connectivity index (χ4v) is 3.08. The quantitative estimate of drug-likeness (QED) is 0.724. The number of nitrogens with zero attached hydrogens (tertiary/aromatic N) is 1. The number of rotatable bonds is 5. The van der Waals surface area contributed by atoms with E-state index in [0.29, 0.717) is 16.9 Å². The van der Waals surface area contributed by atoms with Crippen molar-refractivity contribution < 1.29 is 4.39 Å². The van der Waals surface area contributed by atoms with E-state index in [0.717, 1.165) is 18.7 Å². The zero-order valence-corrected chi connectivity index (χ0v) is 11.9. The van der Waals surface area contributed by atoms with Crippen molar-refractivity contribution in [3.05, 3.63) is 34.6 Å². The van der Waals surface area contributed by atoms with E-state index in [-0.39, 0.29) is 5.82 Å². The molecular formula is C14H18Cl2FN. The monoisotopic (exact) mass is 289 g/mol. The van der Waals surface area contributed by atoms with Crippen LogP contribution >= 0.6 is 23.2 Å². The van der Waals surface area contributed by atoms with E-state index in [1.54, 1.807) is 6.07 Å². The average molecular weight is 290 g/mol. The minimum atomic E-state index is -0.284. The lowest BCUT2D eigenvalue weighted by Gasteiger charge is -2.28. The SMILES string of the molecule is Fc1ccc(CN(CCCl)C2CCCC2)c(Cl)c1. The van der Waals surface area contributed by atoms with Crippen LogP contribution in [0.2, 0.25) is 5.02 Å². The van der Waals surface area contributed by atoms with Crippen LogP contribution in [-0.2, 0) is 6.54 Å². The van der Waals surface area contributed by atoms with E-state index in [9.17, 15) is 4.39 Å². The standard InChI is InChI=1S/C14H18Cl2FN/c15-7-8-18(13-3-1-2-4-13)10-11-5-6-12(17)9-14(11)16/h5-6,9,13H,1-4,7-8,10H2. The smallest absolute Gasteiger partial charge is 0.124 e. The van der Waals surface area contributed by atoms with E-state index in [4.69, 9.17) is 23.2 Å². The highest BCUT2D eigenvalue weighted by Gasteiger charge is 2.22. The Morgan fingerprint density at radius 1 is 1.28 bits per heavy atom. The molecule has 0 aliphatic heterocycles. The summed E-state index contributed by atoms with van der Waals surface area (Å²) in [4.78, 5) is 2.37. The Balaban J connectivity index is 2.07. The van der Waals surface area contributed by atoms with Gasteiger partial charge in [0.15, 0.2) is 0 Å². The third-order valence-electron chi connectivity index (χ3n) is 3.60. The summed E-state index contributed by atoms with van der Waals surface area (Å²) in [6.45, 7) is 1.62. The van der Waals surface area contributed by atoms with E-state index in [1.807, 2.05) is 0 Å². The molecule has 0 spiro atoms. The Hall–Kier alpha value is -0.310. The molecule has 1 fully saturated rings. The van der Waals surface area contributed by atoms with Gasteiger partial charge in [0.05, 0.1) is 0 Å². The van der Waals surface area contributed by atoms with Crippen molar-refractivity contribution in [2.24, 2.45) is 0 Å². The van der Waals surface area contributed by atoms with Crippen LogP contribution in [0.15, 0.2) is 18.2 Å². The molecule has 1 nitrogen and oxygen atoms in total. The van der Waals surface area contributed by atoms with E-state index in [2.05, 4.69) is 4.90 Å². The van der Waals surface area contributed by atoms with Crippen molar-refractivity contribution in [1.82, 2.24) is 4.90 Å². The Kier molecular flexibility index (Phi) is 5.28. The zero-order chi connectivity index (χ0) is 13.0. The molecular weight excluding hydrogens is 272 g/mol. The Morgan fingerprint density at radius 3 is 2.61 bits per heavy atom. The summed E-state index contributed by atoms with van der Waals surface area (Å²) >= 11 is 12.0. The van der Waals surface area contributed by atoms with Crippen molar-refractivity contribution in [3.63, 3.8) is 0 Å². The number of benzene rings is 1. The molecule has 1 aromatic rings. The second kappa shape index (κ2) is 6.74. The molecule has 0 heterocycles. The predicted molar refractivity (Wildman–Crippen MR) is 74.8 cm³/mol. The lowest BCUT2D eigenvalue weighted by molar-refractivity contribution is 0.201. The molecule has 0 atom stereocenters. The van der Waals surface area contributed by atoms with Gasteiger partial charge in [-0.1, -0.05) is 30.5 Å². The summed E-state index contributed by atoms with van der Waals surface area (Å²) in [6, 6.07) is 5.22. The Labute approximate surface area is 118 Å². The van der Waals surface area contributed by atoms with Crippen molar-refractivity contribution in [2.45, 2.75) is 38.3 Å². The van der Waals surface area contributed by atoms with Gasteiger partial charge in [0.25, 0.3) is 0 Å². The first-order chi connectivity index (χ1) is 8.70. The molecule has 0 aromatic heterocycles. The van der Waals surface area contributed by atoms with Gasteiger partial charge in [0, 0.05) is 30.0 Å². The molecule has 0 amide bonds. The molecule has 1 saturated carbocycles. The fraction of sp³-hybridized carbons (Fsp3) is 0.571. The maximum atomic E-state index is 13.0. The third-order valence-corrected chi connectivity index (χ3v) is 4.12. The molecule has 0 saturated heterocycles. The molecule has 2 rings (SSSR count). The first-order valence-electron chi connectivity index (χ1n) is 6.44. The molecule has 4 heteroatoms. The van der Waals surface area contributed by atoms with Crippen molar-refractivity contribution in [1.29, 1.82) is 0 Å². The van der Waals surface area contributed by atoms with Crippen LogP contribution < -0.4 is 0 Å². The van der Waals surface area contributed by atoms with Crippen LogP contribution in [0.4, 0.5) is 4.39 Å². The van der Waals surface area contributed by atoms with Crippen molar-refractivity contribution >= 4 is 23.2 Å². The zero-order valence-electron chi connectivity index (χ0n) is 10.3. The highest BCUT2D eigenvalue weighted by Crippen LogP contribution is 2.27. The molecule has 0 unspecified atom stereocenters. The fourth-order valence-electron chi connectivity index (χ4n) is 2.64. The maximum Gasteiger partial charge on any atom is 0.124 e. The molecule has 0 N–H and O–H groups in total. The van der Waals surface area contributed by atoms with Gasteiger partial charge in [-0.15, -0.1) is 11.6 Å². The van der Waals surface area contributed by atoms with Gasteiger partial charge in [0.1, 0.15) is 5.82 Å². The molecule has 1 aliphatic rings. The van der Waals surface area contributed by atoms with Gasteiger partial charge < -0.3 is 0 Å². The minimum Gasteiger partial charge on any atom is -0.295 e. The lowest BCUT2D eigenvalue weighted by Crippen LogP contribution is -2.34. The molecule has 18 heavy (non-hydrogen) atoms. The summed E-state index contributed by atoms with van der Waals surface area (Å²) in [6.07, 6.45) is 5.05. The predicted octanol–water partition coefficient (Wildman–Crippen LogP) is 4.46. The molecule has 1 aromatic carbocycles. The van der Waals surface area contributed by atoms with Gasteiger partial charge in [-0.2, -0.15) is 0 Å². The Morgan fingerprint density at radius 2 is 2.00 bits per heavy atom. The largest absolute Gasteiger partial charge is 0.295 e. The van der Waals surface area contributed by atoms with Gasteiger partial charge in [-0.25, -0.2) is 4.39 Å². The summed E-state index contributed by atoms with van der Waals surface area (Å²) in [5.74, 6) is 0.337. The second-order valence-electron chi connectivity index (χ2n) is 4.83. The van der Waals surface area contributed by atoms with Gasteiger partial charge in [-0.3, -0.25) is 4.90 Å². The number of hydrogen-bond acceptors (Lipinski definition) is 1. The first-order valence-corrected chi connectivity index (χ1v) is 7.36. The average Bonchev–Trinajstić information content (AvgIpc) is 2.85. The topological polar surface area (TPSA) is 3.24 Å². The molecule has 1 aliphatic carbocycles. The van der Waals surface area contributed by atoms with Crippen LogP contribution in [0, 0.1) is 5.82 Å². The molecule has 0 radical (unpaired) electrons. The summed E-state index contributed by atoms with van der Waals surface area (Å²) in [7, 11) is 0. The number of halogens is 3. The van der Waals surface area contributed by atoms with E-state index >= 15 is 0 Å². The minimum absolute atomic E-state index is 0.284. The van der Waals surface area contributed by atoms with Crippen LogP contribution in [0.5, 0.6) is 0 Å².